The zero-order valence-electron chi connectivity index (χ0n) is 16.8. The molecule has 1 aromatic carbocycles. The van der Waals surface area contributed by atoms with Crippen molar-refractivity contribution in [1.29, 1.82) is 0 Å². The third-order valence-electron chi connectivity index (χ3n) is 4.94. The van der Waals surface area contributed by atoms with Crippen LogP contribution in [0.1, 0.15) is 32.4 Å². The Morgan fingerprint density at radius 2 is 1.82 bits per heavy atom. The van der Waals surface area contributed by atoms with Crippen molar-refractivity contribution in [3.05, 3.63) is 54.4 Å². The van der Waals surface area contributed by atoms with Crippen LogP contribution in [0.3, 0.4) is 0 Å². The van der Waals surface area contributed by atoms with E-state index in [0.717, 1.165) is 18.5 Å². The van der Waals surface area contributed by atoms with E-state index in [1.54, 1.807) is 35.2 Å². The summed E-state index contributed by atoms with van der Waals surface area (Å²) in [5.74, 6) is 0.144. The molecular formula is C21H29N3O3S. The van der Waals surface area contributed by atoms with Gasteiger partial charge in [0.1, 0.15) is 0 Å². The zero-order chi connectivity index (χ0) is 20.3. The molecule has 1 aliphatic carbocycles. The summed E-state index contributed by atoms with van der Waals surface area (Å²) in [5, 5.41) is 0. The van der Waals surface area contributed by atoms with Crippen molar-refractivity contribution in [3.63, 3.8) is 0 Å². The van der Waals surface area contributed by atoms with Crippen molar-refractivity contribution in [2.75, 3.05) is 13.1 Å². The SMILES string of the molecule is CC(C)CN(Cc1cccn1C)C(=O)CN(C1CC1)S(=O)(=O)c1ccccc1. The second-order valence-electron chi connectivity index (χ2n) is 7.87. The van der Waals surface area contributed by atoms with Crippen molar-refractivity contribution < 1.29 is 13.2 Å². The van der Waals surface area contributed by atoms with E-state index < -0.39 is 10.0 Å². The molecule has 6 nitrogen and oxygen atoms in total. The van der Waals surface area contributed by atoms with Gasteiger partial charge in [0.05, 0.1) is 18.0 Å². The van der Waals surface area contributed by atoms with Crippen LogP contribution in [0, 0.1) is 5.92 Å². The standard InChI is InChI=1S/C21H29N3O3S/c1-17(2)14-23(15-19-8-7-13-22(19)3)21(25)16-24(18-11-12-18)28(26,27)20-9-5-4-6-10-20/h4-10,13,17-18H,11-12,14-16H2,1-3H3. The lowest BCUT2D eigenvalue weighted by Crippen LogP contribution is -2.44. The van der Waals surface area contributed by atoms with Gasteiger partial charge in [0.2, 0.25) is 15.9 Å². The Morgan fingerprint density at radius 1 is 1.14 bits per heavy atom. The lowest BCUT2D eigenvalue weighted by atomic mass is 10.2. The molecule has 0 atom stereocenters. The van der Waals surface area contributed by atoms with Gasteiger partial charge < -0.3 is 9.47 Å². The second-order valence-corrected chi connectivity index (χ2v) is 9.76. The first kappa shape index (κ1) is 20.6. The number of carbonyl (C=O) groups is 1. The molecule has 0 unspecified atom stereocenters. The van der Waals surface area contributed by atoms with Crippen molar-refractivity contribution in [3.8, 4) is 0 Å². The molecular weight excluding hydrogens is 374 g/mol. The predicted molar refractivity (Wildman–Crippen MR) is 109 cm³/mol. The van der Waals surface area contributed by atoms with Crippen LogP contribution >= 0.6 is 0 Å². The van der Waals surface area contributed by atoms with Crippen molar-refractivity contribution >= 4 is 15.9 Å². The molecule has 1 aromatic heterocycles. The summed E-state index contributed by atoms with van der Waals surface area (Å²) in [4.78, 5) is 15.2. The number of amides is 1. The van der Waals surface area contributed by atoms with E-state index in [2.05, 4.69) is 13.8 Å². The molecule has 0 N–H and O–H groups in total. The highest BCUT2D eigenvalue weighted by Crippen LogP contribution is 2.32. The minimum atomic E-state index is -3.68. The van der Waals surface area contributed by atoms with Crippen molar-refractivity contribution in [2.45, 2.75) is 44.2 Å². The fraction of sp³-hybridized carbons (Fsp3) is 0.476. The summed E-state index contributed by atoms with van der Waals surface area (Å²) in [7, 11) is -1.74. The molecule has 1 amide bonds. The van der Waals surface area contributed by atoms with Gasteiger partial charge in [-0.2, -0.15) is 4.31 Å². The summed E-state index contributed by atoms with van der Waals surface area (Å²) >= 11 is 0. The number of nitrogens with zero attached hydrogens (tertiary/aromatic N) is 3. The van der Waals surface area contributed by atoms with Crippen LogP contribution in [0.2, 0.25) is 0 Å². The van der Waals surface area contributed by atoms with Crippen molar-refractivity contribution in [2.24, 2.45) is 13.0 Å². The van der Waals surface area contributed by atoms with Crippen LogP contribution in [-0.2, 0) is 28.4 Å². The van der Waals surface area contributed by atoms with E-state index in [1.165, 1.54) is 4.31 Å². The van der Waals surface area contributed by atoms with E-state index in [0.29, 0.717) is 19.0 Å². The van der Waals surface area contributed by atoms with Crippen LogP contribution in [-0.4, -0.2) is 47.2 Å². The number of aromatic nitrogens is 1. The monoisotopic (exact) mass is 403 g/mol. The van der Waals surface area contributed by atoms with E-state index in [9.17, 15) is 13.2 Å². The van der Waals surface area contributed by atoms with Gasteiger partial charge in [0.15, 0.2) is 0 Å². The quantitative estimate of drug-likeness (QED) is 0.647. The largest absolute Gasteiger partial charge is 0.353 e. The van der Waals surface area contributed by atoms with Crippen LogP contribution in [0.25, 0.3) is 0 Å². The predicted octanol–water partition coefficient (Wildman–Crippen LogP) is 2.86. The maximum absolute atomic E-state index is 13.1. The zero-order valence-corrected chi connectivity index (χ0v) is 17.6. The number of benzene rings is 1. The first-order valence-electron chi connectivity index (χ1n) is 9.74. The summed E-state index contributed by atoms with van der Waals surface area (Å²) in [5.41, 5.74) is 1.03. The van der Waals surface area contributed by atoms with Gasteiger partial charge in [-0.25, -0.2) is 8.42 Å². The molecule has 0 aliphatic heterocycles. The minimum Gasteiger partial charge on any atom is -0.353 e. The Bertz CT molecular complexity index is 902. The van der Waals surface area contributed by atoms with Gasteiger partial charge in [0.25, 0.3) is 0 Å². The summed E-state index contributed by atoms with van der Waals surface area (Å²) < 4.78 is 29.6. The number of aryl methyl sites for hydroxylation is 1. The van der Waals surface area contributed by atoms with Gasteiger partial charge in [-0.3, -0.25) is 4.79 Å². The number of hydrogen-bond donors (Lipinski definition) is 0. The van der Waals surface area contributed by atoms with Gasteiger partial charge in [-0.05, 0) is 43.0 Å². The fourth-order valence-electron chi connectivity index (χ4n) is 3.29. The Labute approximate surface area is 167 Å². The Kier molecular flexibility index (Phi) is 6.25. The highest BCUT2D eigenvalue weighted by molar-refractivity contribution is 7.89. The number of hydrogen-bond acceptors (Lipinski definition) is 3. The number of rotatable bonds is 9. The third kappa shape index (κ3) is 4.83. The molecule has 152 valence electrons. The summed E-state index contributed by atoms with van der Waals surface area (Å²) in [6.45, 7) is 5.08. The lowest BCUT2D eigenvalue weighted by molar-refractivity contribution is -0.132. The Hall–Kier alpha value is -2.12. The van der Waals surface area contributed by atoms with Crippen LogP contribution in [0.5, 0.6) is 0 Å². The topological polar surface area (TPSA) is 62.6 Å². The highest BCUT2D eigenvalue weighted by Gasteiger charge is 2.40. The first-order valence-corrected chi connectivity index (χ1v) is 11.2. The van der Waals surface area contributed by atoms with Gasteiger partial charge >= 0.3 is 0 Å². The smallest absolute Gasteiger partial charge is 0.243 e. The molecule has 2 aromatic rings. The van der Waals surface area contributed by atoms with Crippen LogP contribution in [0.15, 0.2) is 53.6 Å². The van der Waals surface area contributed by atoms with E-state index >= 15 is 0 Å². The molecule has 0 bridgehead atoms. The maximum Gasteiger partial charge on any atom is 0.243 e. The molecule has 28 heavy (non-hydrogen) atoms. The van der Waals surface area contributed by atoms with E-state index in [-0.39, 0.29) is 23.4 Å². The molecule has 1 saturated carbocycles. The van der Waals surface area contributed by atoms with Gasteiger partial charge in [-0.1, -0.05) is 32.0 Å². The van der Waals surface area contributed by atoms with Crippen LogP contribution < -0.4 is 0 Å². The molecule has 1 heterocycles. The number of carbonyl (C=O) groups excluding carboxylic acids is 1. The van der Waals surface area contributed by atoms with E-state index in [4.69, 9.17) is 0 Å². The molecule has 1 fully saturated rings. The van der Waals surface area contributed by atoms with E-state index in [1.807, 2.05) is 29.9 Å². The molecule has 0 radical (unpaired) electrons. The molecule has 0 saturated heterocycles. The second kappa shape index (κ2) is 8.49. The Morgan fingerprint density at radius 3 is 2.36 bits per heavy atom. The maximum atomic E-state index is 13.1. The molecule has 7 heteroatoms. The normalized spacial score (nSPS) is 14.6. The fourth-order valence-corrected chi connectivity index (χ4v) is 4.94. The minimum absolute atomic E-state index is 0.0786. The Balaban J connectivity index is 1.80. The number of sulfonamides is 1. The average molecular weight is 404 g/mol. The van der Waals surface area contributed by atoms with Crippen molar-refractivity contribution in [1.82, 2.24) is 13.8 Å². The lowest BCUT2D eigenvalue weighted by Gasteiger charge is -2.28. The van der Waals surface area contributed by atoms with Gasteiger partial charge in [-0.15, -0.1) is 0 Å². The highest BCUT2D eigenvalue weighted by atomic mass is 32.2. The third-order valence-corrected chi connectivity index (χ3v) is 6.85. The molecule has 0 spiro atoms. The van der Waals surface area contributed by atoms with Gasteiger partial charge in [0, 0.05) is 31.5 Å². The molecule has 1 aliphatic rings. The summed E-state index contributed by atoms with van der Waals surface area (Å²) in [6.07, 6.45) is 3.56. The summed E-state index contributed by atoms with van der Waals surface area (Å²) in [6, 6.07) is 12.2. The first-order chi connectivity index (χ1) is 13.3. The molecule has 3 rings (SSSR count). The van der Waals surface area contributed by atoms with Crippen LogP contribution in [0.4, 0.5) is 0 Å². The average Bonchev–Trinajstić information content (AvgIpc) is 3.42.